The lowest BCUT2D eigenvalue weighted by Crippen LogP contribution is -1.99. The largest absolute Gasteiger partial charge is 0.0985 e. The van der Waals surface area contributed by atoms with Crippen molar-refractivity contribution >= 4 is 6.08 Å². The maximum absolute atomic E-state index is 4.06. The van der Waals surface area contributed by atoms with Gasteiger partial charge in [0.1, 0.15) is 0 Å². The first-order valence-electron chi connectivity index (χ1n) is 12.6. The molecule has 1 aromatic rings. The van der Waals surface area contributed by atoms with Gasteiger partial charge in [0.25, 0.3) is 0 Å². The molecule has 160 valence electrons. The molecule has 0 unspecified atom stereocenters. The van der Waals surface area contributed by atoms with Crippen molar-refractivity contribution in [2.75, 3.05) is 0 Å². The molecule has 0 saturated heterocycles. The Hall–Kier alpha value is -1.04. The number of hydrogen-bond acceptors (Lipinski definition) is 0. The van der Waals surface area contributed by atoms with E-state index in [2.05, 4.69) is 44.7 Å². The molecular formula is C28H48. The Balaban J connectivity index is 2.30. The van der Waals surface area contributed by atoms with Crippen LogP contribution in [-0.2, 0) is 12.8 Å². The molecule has 0 saturated carbocycles. The summed E-state index contributed by atoms with van der Waals surface area (Å²) in [6, 6.07) is 6.85. The lowest BCUT2D eigenvalue weighted by atomic mass is 9.92. The number of aryl methyl sites for hydroxylation is 1. The van der Waals surface area contributed by atoms with Crippen LogP contribution in [0.5, 0.6) is 0 Å². The SMILES string of the molecule is C=Cc1cccc(CCCCCCCCCC)c1CCCCCCCCCC. The normalized spacial score (nSPS) is 11.1. The van der Waals surface area contributed by atoms with E-state index in [1.807, 2.05) is 0 Å². The molecule has 0 spiro atoms. The third kappa shape index (κ3) is 11.7. The topological polar surface area (TPSA) is 0 Å². The van der Waals surface area contributed by atoms with Crippen molar-refractivity contribution in [2.24, 2.45) is 0 Å². The van der Waals surface area contributed by atoms with Crippen molar-refractivity contribution in [1.29, 1.82) is 0 Å². The first kappa shape index (κ1) is 25.0. The van der Waals surface area contributed by atoms with Gasteiger partial charge in [0.2, 0.25) is 0 Å². The minimum absolute atomic E-state index is 1.24. The van der Waals surface area contributed by atoms with Crippen LogP contribution in [0, 0.1) is 0 Å². The van der Waals surface area contributed by atoms with Gasteiger partial charge in [-0.3, -0.25) is 0 Å². The van der Waals surface area contributed by atoms with E-state index in [-0.39, 0.29) is 0 Å². The smallest absolute Gasteiger partial charge is 0.0228 e. The molecule has 0 atom stereocenters. The molecule has 0 N–H and O–H groups in total. The molecule has 1 rings (SSSR count). The van der Waals surface area contributed by atoms with Crippen LogP contribution in [-0.4, -0.2) is 0 Å². The Bertz CT molecular complexity index is 485. The fourth-order valence-corrected chi connectivity index (χ4v) is 4.27. The fourth-order valence-electron chi connectivity index (χ4n) is 4.27. The standard InChI is InChI=1S/C28H48/c1-4-7-9-11-13-15-17-19-22-27-24-21-23-26(6-3)28(27)25-20-18-16-14-12-10-8-5-2/h6,21,23-24H,3-5,7-20,22,25H2,1-2H3. The molecular weight excluding hydrogens is 336 g/mol. The van der Waals surface area contributed by atoms with Gasteiger partial charge in [0.05, 0.1) is 0 Å². The molecule has 0 amide bonds. The zero-order valence-corrected chi connectivity index (χ0v) is 19.2. The molecule has 0 bridgehead atoms. The van der Waals surface area contributed by atoms with Crippen molar-refractivity contribution in [3.05, 3.63) is 41.5 Å². The Morgan fingerprint density at radius 2 is 1.07 bits per heavy atom. The molecule has 0 aliphatic heterocycles. The Morgan fingerprint density at radius 1 is 0.607 bits per heavy atom. The molecule has 0 aromatic heterocycles. The predicted molar refractivity (Wildman–Crippen MR) is 129 cm³/mol. The lowest BCUT2D eigenvalue weighted by molar-refractivity contribution is 0.570. The summed E-state index contributed by atoms with van der Waals surface area (Å²) in [4.78, 5) is 0. The van der Waals surface area contributed by atoms with Crippen LogP contribution in [0.2, 0.25) is 0 Å². The first-order chi connectivity index (χ1) is 13.8. The summed E-state index contributed by atoms with van der Waals surface area (Å²) in [5.74, 6) is 0. The summed E-state index contributed by atoms with van der Waals surface area (Å²) in [5, 5.41) is 0. The number of hydrogen-bond donors (Lipinski definition) is 0. The van der Waals surface area contributed by atoms with Gasteiger partial charge in [0.15, 0.2) is 0 Å². The van der Waals surface area contributed by atoms with Crippen LogP contribution in [0.3, 0.4) is 0 Å². The summed E-state index contributed by atoms with van der Waals surface area (Å²) >= 11 is 0. The van der Waals surface area contributed by atoms with Crippen LogP contribution in [0.1, 0.15) is 133 Å². The molecule has 0 heterocycles. The second-order valence-corrected chi connectivity index (χ2v) is 8.64. The van der Waals surface area contributed by atoms with Crippen molar-refractivity contribution in [2.45, 2.75) is 129 Å². The van der Waals surface area contributed by atoms with Gasteiger partial charge in [-0.2, -0.15) is 0 Å². The summed E-state index contributed by atoms with van der Waals surface area (Å²) in [6.45, 7) is 8.65. The highest BCUT2D eigenvalue weighted by molar-refractivity contribution is 5.54. The van der Waals surface area contributed by atoms with Gasteiger partial charge in [0, 0.05) is 0 Å². The van der Waals surface area contributed by atoms with Crippen LogP contribution in [0.4, 0.5) is 0 Å². The molecule has 0 aliphatic carbocycles. The number of rotatable bonds is 19. The highest BCUT2D eigenvalue weighted by atomic mass is 14.1. The van der Waals surface area contributed by atoms with E-state index in [9.17, 15) is 0 Å². The second-order valence-electron chi connectivity index (χ2n) is 8.64. The predicted octanol–water partition coefficient (Wildman–Crippen LogP) is 9.70. The van der Waals surface area contributed by atoms with Crippen LogP contribution < -0.4 is 0 Å². The van der Waals surface area contributed by atoms with Gasteiger partial charge < -0.3 is 0 Å². The van der Waals surface area contributed by atoms with Crippen LogP contribution in [0.15, 0.2) is 24.8 Å². The summed E-state index contributed by atoms with van der Waals surface area (Å²) in [6.07, 6.45) is 26.9. The second kappa shape index (κ2) is 18.0. The van der Waals surface area contributed by atoms with Crippen molar-refractivity contribution in [3.8, 4) is 0 Å². The molecule has 0 heteroatoms. The quantitative estimate of drug-likeness (QED) is 0.208. The average Bonchev–Trinajstić information content (AvgIpc) is 2.72. The van der Waals surface area contributed by atoms with Gasteiger partial charge in [-0.1, -0.05) is 135 Å². The first-order valence-corrected chi connectivity index (χ1v) is 12.6. The van der Waals surface area contributed by atoms with E-state index in [1.165, 1.54) is 121 Å². The molecule has 0 fully saturated rings. The van der Waals surface area contributed by atoms with E-state index in [1.54, 1.807) is 11.1 Å². The molecule has 0 radical (unpaired) electrons. The Labute approximate surface area is 177 Å². The highest BCUT2D eigenvalue weighted by Crippen LogP contribution is 2.22. The van der Waals surface area contributed by atoms with E-state index in [0.29, 0.717) is 0 Å². The minimum atomic E-state index is 1.24. The molecule has 0 nitrogen and oxygen atoms in total. The molecule has 0 aliphatic rings. The lowest BCUT2D eigenvalue weighted by Gasteiger charge is -2.13. The monoisotopic (exact) mass is 384 g/mol. The zero-order chi connectivity index (χ0) is 20.3. The van der Waals surface area contributed by atoms with Crippen LogP contribution in [0.25, 0.3) is 6.08 Å². The minimum Gasteiger partial charge on any atom is -0.0985 e. The fraction of sp³-hybridized carbons (Fsp3) is 0.714. The number of benzene rings is 1. The third-order valence-corrected chi connectivity index (χ3v) is 6.11. The average molecular weight is 385 g/mol. The van der Waals surface area contributed by atoms with E-state index < -0.39 is 0 Å². The third-order valence-electron chi connectivity index (χ3n) is 6.11. The maximum Gasteiger partial charge on any atom is -0.0228 e. The maximum atomic E-state index is 4.06. The van der Waals surface area contributed by atoms with Gasteiger partial charge in [-0.05, 0) is 42.4 Å². The van der Waals surface area contributed by atoms with Crippen LogP contribution >= 0.6 is 0 Å². The van der Waals surface area contributed by atoms with E-state index in [4.69, 9.17) is 0 Å². The summed E-state index contributed by atoms with van der Waals surface area (Å²) in [5.41, 5.74) is 4.55. The van der Waals surface area contributed by atoms with Gasteiger partial charge in [-0.25, -0.2) is 0 Å². The van der Waals surface area contributed by atoms with Gasteiger partial charge in [-0.15, -0.1) is 0 Å². The zero-order valence-electron chi connectivity index (χ0n) is 19.2. The summed E-state index contributed by atoms with van der Waals surface area (Å²) in [7, 11) is 0. The van der Waals surface area contributed by atoms with Crippen molar-refractivity contribution in [1.82, 2.24) is 0 Å². The van der Waals surface area contributed by atoms with Crippen molar-refractivity contribution in [3.63, 3.8) is 0 Å². The Morgan fingerprint density at radius 3 is 1.57 bits per heavy atom. The Kier molecular flexibility index (Phi) is 16.1. The number of unbranched alkanes of at least 4 members (excludes halogenated alkanes) is 14. The summed E-state index contributed by atoms with van der Waals surface area (Å²) < 4.78 is 0. The van der Waals surface area contributed by atoms with Crippen molar-refractivity contribution < 1.29 is 0 Å². The van der Waals surface area contributed by atoms with E-state index in [0.717, 1.165) is 0 Å². The highest BCUT2D eigenvalue weighted by Gasteiger charge is 2.06. The molecule has 1 aromatic carbocycles. The van der Waals surface area contributed by atoms with E-state index >= 15 is 0 Å². The van der Waals surface area contributed by atoms with Gasteiger partial charge >= 0.3 is 0 Å². The molecule has 28 heavy (non-hydrogen) atoms.